The minimum absolute atomic E-state index is 0.189. The van der Waals surface area contributed by atoms with Crippen LogP contribution in [0.3, 0.4) is 0 Å². The zero-order chi connectivity index (χ0) is 12.5. The van der Waals surface area contributed by atoms with E-state index in [1.54, 1.807) is 0 Å². The maximum absolute atomic E-state index is 8.85. The lowest BCUT2D eigenvalue weighted by molar-refractivity contribution is 0.144. The largest absolute Gasteiger partial charge is 0.395 e. The van der Waals surface area contributed by atoms with Crippen molar-refractivity contribution in [2.45, 2.75) is 38.6 Å². The van der Waals surface area contributed by atoms with E-state index in [0.29, 0.717) is 25.0 Å². The molecule has 0 radical (unpaired) electrons. The molecule has 0 spiro atoms. The van der Waals surface area contributed by atoms with Crippen molar-refractivity contribution in [2.75, 3.05) is 32.8 Å². The van der Waals surface area contributed by atoms with Crippen LogP contribution in [0.25, 0.3) is 0 Å². The Morgan fingerprint density at radius 1 is 1.47 bits per heavy atom. The van der Waals surface area contributed by atoms with E-state index in [0.717, 1.165) is 13.1 Å². The number of unbranched alkanes of at least 4 members (excludes halogenated alkanes) is 1. The fourth-order valence-electron chi connectivity index (χ4n) is 2.65. The molecule has 1 rings (SSSR count). The topological polar surface area (TPSA) is 59.3 Å². The summed E-state index contributed by atoms with van der Waals surface area (Å²) < 4.78 is 0. The molecular formula is C13H25N3O. The third-order valence-corrected chi connectivity index (χ3v) is 3.42. The summed E-state index contributed by atoms with van der Waals surface area (Å²) in [6, 6.07) is 2.68. The molecule has 0 aromatic carbocycles. The van der Waals surface area contributed by atoms with Crippen LogP contribution in [-0.2, 0) is 0 Å². The first kappa shape index (κ1) is 14.4. The van der Waals surface area contributed by atoms with E-state index in [1.165, 1.54) is 25.7 Å². The first-order valence-electron chi connectivity index (χ1n) is 6.73. The van der Waals surface area contributed by atoms with Crippen LogP contribution < -0.4 is 5.32 Å². The molecule has 0 bridgehead atoms. The van der Waals surface area contributed by atoms with Crippen LogP contribution in [0.1, 0.15) is 32.6 Å². The molecular weight excluding hydrogens is 214 g/mol. The third-order valence-electron chi connectivity index (χ3n) is 3.42. The van der Waals surface area contributed by atoms with Gasteiger partial charge in [0.05, 0.1) is 19.2 Å². The second kappa shape index (κ2) is 8.46. The van der Waals surface area contributed by atoms with Gasteiger partial charge in [-0.05, 0) is 18.8 Å². The molecule has 2 atom stereocenters. The number of likely N-dealkylation sites (tertiary alicyclic amines) is 1. The molecule has 2 N–H and O–H groups in total. The van der Waals surface area contributed by atoms with Gasteiger partial charge in [0.15, 0.2) is 0 Å². The molecule has 0 aromatic heterocycles. The first-order chi connectivity index (χ1) is 8.30. The number of hydrogen-bond acceptors (Lipinski definition) is 4. The molecule has 1 heterocycles. The Balaban J connectivity index is 2.41. The Morgan fingerprint density at radius 2 is 2.29 bits per heavy atom. The molecule has 4 heteroatoms. The molecule has 1 saturated heterocycles. The van der Waals surface area contributed by atoms with E-state index in [2.05, 4.69) is 23.2 Å². The van der Waals surface area contributed by atoms with Crippen molar-refractivity contribution in [3.05, 3.63) is 0 Å². The number of rotatable bonds is 7. The smallest absolute Gasteiger partial charge is 0.0866 e. The molecule has 1 aliphatic rings. The maximum atomic E-state index is 8.85. The average molecular weight is 239 g/mol. The monoisotopic (exact) mass is 239 g/mol. The number of hydrogen-bond donors (Lipinski definition) is 2. The van der Waals surface area contributed by atoms with Gasteiger partial charge in [-0.15, -0.1) is 0 Å². The maximum Gasteiger partial charge on any atom is 0.0866 e. The fourth-order valence-corrected chi connectivity index (χ4v) is 2.65. The lowest BCUT2D eigenvalue weighted by Crippen LogP contribution is -2.49. The Hall–Kier alpha value is -0.630. The summed E-state index contributed by atoms with van der Waals surface area (Å²) in [7, 11) is 0. The third kappa shape index (κ3) is 5.49. The number of nitrogens with zero attached hydrogens (tertiary/aromatic N) is 2. The molecule has 4 nitrogen and oxygen atoms in total. The summed E-state index contributed by atoms with van der Waals surface area (Å²) in [5.41, 5.74) is 0. The van der Waals surface area contributed by atoms with E-state index in [9.17, 15) is 0 Å². The van der Waals surface area contributed by atoms with Crippen LogP contribution in [0.15, 0.2) is 0 Å². The highest BCUT2D eigenvalue weighted by atomic mass is 16.3. The predicted molar refractivity (Wildman–Crippen MR) is 68.6 cm³/mol. The molecule has 1 aliphatic heterocycles. The van der Waals surface area contributed by atoms with Crippen molar-refractivity contribution in [1.82, 2.24) is 10.2 Å². The minimum Gasteiger partial charge on any atom is -0.395 e. The minimum atomic E-state index is 0.189. The number of aliphatic hydroxyl groups is 1. The van der Waals surface area contributed by atoms with Crippen molar-refractivity contribution in [3.63, 3.8) is 0 Å². The average Bonchev–Trinajstić information content (AvgIpc) is 2.34. The second-order valence-electron chi connectivity index (χ2n) is 4.97. The Morgan fingerprint density at radius 3 is 2.94 bits per heavy atom. The number of nitrogens with one attached hydrogen (secondary N) is 1. The SMILES string of the molecule is CCCCC1CC(NCCO)CN(CC#N)C1. The van der Waals surface area contributed by atoms with Gasteiger partial charge in [-0.25, -0.2) is 0 Å². The van der Waals surface area contributed by atoms with Crippen LogP contribution >= 0.6 is 0 Å². The van der Waals surface area contributed by atoms with Crippen molar-refractivity contribution >= 4 is 0 Å². The van der Waals surface area contributed by atoms with Crippen molar-refractivity contribution < 1.29 is 5.11 Å². The van der Waals surface area contributed by atoms with Gasteiger partial charge in [0, 0.05) is 25.7 Å². The van der Waals surface area contributed by atoms with E-state index in [1.807, 2.05) is 0 Å². The van der Waals surface area contributed by atoms with Gasteiger partial charge >= 0.3 is 0 Å². The summed E-state index contributed by atoms with van der Waals surface area (Å²) in [4.78, 5) is 2.23. The molecule has 0 amide bonds. The summed E-state index contributed by atoms with van der Waals surface area (Å²) in [5.74, 6) is 0.702. The van der Waals surface area contributed by atoms with E-state index >= 15 is 0 Å². The van der Waals surface area contributed by atoms with E-state index in [4.69, 9.17) is 10.4 Å². The van der Waals surface area contributed by atoms with Gasteiger partial charge < -0.3 is 10.4 Å². The van der Waals surface area contributed by atoms with Gasteiger partial charge in [-0.3, -0.25) is 4.90 Å². The lowest BCUT2D eigenvalue weighted by atomic mass is 9.90. The molecule has 17 heavy (non-hydrogen) atoms. The normalized spacial score (nSPS) is 25.7. The summed E-state index contributed by atoms with van der Waals surface area (Å²) in [6.07, 6.45) is 4.96. The van der Waals surface area contributed by atoms with Gasteiger partial charge in [0.2, 0.25) is 0 Å². The number of piperidine rings is 1. The van der Waals surface area contributed by atoms with Crippen molar-refractivity contribution in [1.29, 1.82) is 5.26 Å². The van der Waals surface area contributed by atoms with Crippen molar-refractivity contribution in [2.24, 2.45) is 5.92 Å². The lowest BCUT2D eigenvalue weighted by Gasteiger charge is -2.37. The Kier molecular flexibility index (Phi) is 7.18. The molecule has 98 valence electrons. The highest BCUT2D eigenvalue weighted by Gasteiger charge is 2.26. The quantitative estimate of drug-likeness (QED) is 0.650. The van der Waals surface area contributed by atoms with Gasteiger partial charge in [0.1, 0.15) is 0 Å². The van der Waals surface area contributed by atoms with Crippen LogP contribution in [0.4, 0.5) is 0 Å². The standard InChI is InChI=1S/C13H25N3O/c1-2-3-4-12-9-13(15-6-8-17)11-16(10-12)7-5-14/h12-13,15,17H,2-4,6-11H2,1H3. The Labute approximate surface area is 105 Å². The highest BCUT2D eigenvalue weighted by Crippen LogP contribution is 2.21. The summed E-state index contributed by atoms with van der Waals surface area (Å²) in [6.45, 7) is 5.60. The van der Waals surface area contributed by atoms with Gasteiger partial charge in [0.25, 0.3) is 0 Å². The first-order valence-corrected chi connectivity index (χ1v) is 6.73. The predicted octanol–water partition coefficient (Wildman–Crippen LogP) is 0.973. The van der Waals surface area contributed by atoms with E-state index < -0.39 is 0 Å². The molecule has 0 aromatic rings. The van der Waals surface area contributed by atoms with Crippen molar-refractivity contribution in [3.8, 4) is 6.07 Å². The van der Waals surface area contributed by atoms with E-state index in [-0.39, 0.29) is 6.61 Å². The summed E-state index contributed by atoms with van der Waals surface area (Å²) in [5, 5.41) is 21.0. The highest BCUT2D eigenvalue weighted by molar-refractivity contribution is 4.87. The zero-order valence-corrected chi connectivity index (χ0v) is 10.9. The Bertz CT molecular complexity index is 223. The number of aliphatic hydroxyl groups excluding tert-OH is 1. The van der Waals surface area contributed by atoms with Gasteiger partial charge in [-0.2, -0.15) is 5.26 Å². The molecule has 0 aliphatic carbocycles. The van der Waals surface area contributed by atoms with Crippen LogP contribution in [0, 0.1) is 17.2 Å². The molecule has 1 fully saturated rings. The second-order valence-corrected chi connectivity index (χ2v) is 4.97. The fraction of sp³-hybridized carbons (Fsp3) is 0.923. The van der Waals surface area contributed by atoms with Gasteiger partial charge in [-0.1, -0.05) is 19.8 Å². The zero-order valence-electron chi connectivity index (χ0n) is 10.9. The van der Waals surface area contributed by atoms with Crippen LogP contribution in [-0.4, -0.2) is 48.8 Å². The van der Waals surface area contributed by atoms with Crippen LogP contribution in [0.5, 0.6) is 0 Å². The molecule has 0 saturated carbocycles. The molecule has 2 unspecified atom stereocenters. The number of nitriles is 1. The van der Waals surface area contributed by atoms with Crippen LogP contribution in [0.2, 0.25) is 0 Å². The summed E-state index contributed by atoms with van der Waals surface area (Å²) >= 11 is 0.